The van der Waals surface area contributed by atoms with E-state index >= 15 is 0 Å². The Balaban J connectivity index is 2.90. The summed E-state index contributed by atoms with van der Waals surface area (Å²) < 4.78 is 12.1. The summed E-state index contributed by atoms with van der Waals surface area (Å²) in [6.45, 7) is 6.10. The molecule has 1 atom stereocenters. The van der Waals surface area contributed by atoms with Crippen LogP contribution in [0.2, 0.25) is 0 Å². The van der Waals surface area contributed by atoms with Crippen LogP contribution in [0.3, 0.4) is 0 Å². The van der Waals surface area contributed by atoms with Crippen LogP contribution in [-0.2, 0) is 4.57 Å². The summed E-state index contributed by atoms with van der Waals surface area (Å²) in [6, 6.07) is 8.92. The molecule has 1 aromatic carbocycles. The molecule has 1 aromatic rings. The SMILES string of the molecule is CCC(C)(C)CP(=O)(O)c1ccccc1. The van der Waals surface area contributed by atoms with Crippen molar-refractivity contribution < 1.29 is 9.46 Å². The van der Waals surface area contributed by atoms with E-state index in [9.17, 15) is 9.46 Å². The topological polar surface area (TPSA) is 37.3 Å². The van der Waals surface area contributed by atoms with Gasteiger partial charge in [0.2, 0.25) is 7.37 Å². The highest BCUT2D eigenvalue weighted by molar-refractivity contribution is 7.66. The third kappa shape index (κ3) is 3.48. The molecule has 0 heterocycles. The molecular weight excluding hydrogens is 207 g/mol. The fraction of sp³-hybridized carbons (Fsp3) is 0.500. The summed E-state index contributed by atoms with van der Waals surface area (Å²) in [4.78, 5) is 10.0. The molecule has 0 bridgehead atoms. The molecule has 0 saturated heterocycles. The van der Waals surface area contributed by atoms with Crippen molar-refractivity contribution in [3.63, 3.8) is 0 Å². The fourth-order valence-corrected chi connectivity index (χ4v) is 3.65. The maximum atomic E-state index is 12.1. The third-order valence-electron chi connectivity index (χ3n) is 2.76. The lowest BCUT2D eigenvalue weighted by Crippen LogP contribution is -2.20. The first-order chi connectivity index (χ1) is 6.87. The van der Waals surface area contributed by atoms with Crippen molar-refractivity contribution in [2.24, 2.45) is 5.41 Å². The van der Waals surface area contributed by atoms with Crippen LogP contribution < -0.4 is 5.30 Å². The van der Waals surface area contributed by atoms with Crippen molar-refractivity contribution in [2.45, 2.75) is 27.2 Å². The van der Waals surface area contributed by atoms with E-state index in [2.05, 4.69) is 0 Å². The van der Waals surface area contributed by atoms with E-state index in [-0.39, 0.29) is 5.41 Å². The normalized spacial score (nSPS) is 16.0. The van der Waals surface area contributed by atoms with Crippen LogP contribution in [0.5, 0.6) is 0 Å². The molecule has 0 aromatic heterocycles. The molecule has 0 fully saturated rings. The van der Waals surface area contributed by atoms with Gasteiger partial charge >= 0.3 is 0 Å². The fourth-order valence-electron chi connectivity index (χ4n) is 1.44. The van der Waals surface area contributed by atoms with Crippen LogP contribution in [0.25, 0.3) is 0 Å². The first-order valence-corrected chi connectivity index (χ1v) is 7.09. The minimum atomic E-state index is -3.18. The lowest BCUT2D eigenvalue weighted by atomic mass is 9.93. The zero-order valence-electron chi connectivity index (χ0n) is 9.60. The van der Waals surface area contributed by atoms with E-state index in [1.807, 2.05) is 26.8 Å². The molecule has 3 heteroatoms. The minimum Gasteiger partial charge on any atom is -0.341 e. The summed E-state index contributed by atoms with van der Waals surface area (Å²) in [5.74, 6) is 0. The number of benzene rings is 1. The van der Waals surface area contributed by atoms with E-state index in [0.717, 1.165) is 6.42 Å². The van der Waals surface area contributed by atoms with Crippen LogP contribution in [0, 0.1) is 5.41 Å². The lowest BCUT2D eigenvalue weighted by Gasteiger charge is -2.25. The molecule has 0 radical (unpaired) electrons. The molecule has 84 valence electrons. The second-order valence-electron chi connectivity index (χ2n) is 4.71. The first kappa shape index (κ1) is 12.5. The number of rotatable bonds is 4. The minimum absolute atomic E-state index is 0.0832. The highest BCUT2D eigenvalue weighted by Crippen LogP contribution is 2.45. The zero-order valence-corrected chi connectivity index (χ0v) is 10.5. The molecule has 0 saturated carbocycles. The molecule has 1 rings (SSSR count). The first-order valence-electron chi connectivity index (χ1n) is 5.25. The van der Waals surface area contributed by atoms with Crippen LogP contribution in [0.1, 0.15) is 27.2 Å². The van der Waals surface area contributed by atoms with E-state index < -0.39 is 7.37 Å². The zero-order chi connectivity index (χ0) is 11.5. The molecular formula is C12H19O2P. The molecule has 2 nitrogen and oxygen atoms in total. The Morgan fingerprint density at radius 2 is 1.80 bits per heavy atom. The van der Waals surface area contributed by atoms with Gasteiger partial charge in [0.25, 0.3) is 0 Å². The van der Waals surface area contributed by atoms with Gasteiger partial charge in [0.05, 0.1) is 0 Å². The lowest BCUT2D eigenvalue weighted by molar-refractivity contribution is 0.379. The van der Waals surface area contributed by atoms with E-state index in [1.54, 1.807) is 24.3 Å². The van der Waals surface area contributed by atoms with Gasteiger partial charge in [0, 0.05) is 11.5 Å². The quantitative estimate of drug-likeness (QED) is 0.801. The Morgan fingerprint density at radius 3 is 2.27 bits per heavy atom. The van der Waals surface area contributed by atoms with E-state index in [0.29, 0.717) is 11.5 Å². The maximum Gasteiger partial charge on any atom is 0.230 e. The second kappa shape index (κ2) is 4.51. The summed E-state index contributed by atoms with van der Waals surface area (Å²) in [7, 11) is -3.18. The van der Waals surface area contributed by atoms with Crippen molar-refractivity contribution in [3.05, 3.63) is 30.3 Å². The smallest absolute Gasteiger partial charge is 0.230 e. The molecule has 15 heavy (non-hydrogen) atoms. The number of hydrogen-bond acceptors (Lipinski definition) is 1. The Morgan fingerprint density at radius 1 is 1.27 bits per heavy atom. The molecule has 0 aliphatic heterocycles. The Kier molecular flexibility index (Phi) is 3.75. The Hall–Kier alpha value is -0.590. The molecule has 0 spiro atoms. The van der Waals surface area contributed by atoms with Gasteiger partial charge in [-0.15, -0.1) is 0 Å². The predicted molar refractivity (Wildman–Crippen MR) is 64.8 cm³/mol. The largest absolute Gasteiger partial charge is 0.341 e. The second-order valence-corrected chi connectivity index (χ2v) is 6.95. The molecule has 1 N–H and O–H groups in total. The highest BCUT2D eigenvalue weighted by atomic mass is 31.2. The van der Waals surface area contributed by atoms with Crippen LogP contribution in [0.15, 0.2) is 30.3 Å². The van der Waals surface area contributed by atoms with Gasteiger partial charge < -0.3 is 4.89 Å². The van der Waals surface area contributed by atoms with Crippen molar-refractivity contribution in [2.75, 3.05) is 6.16 Å². The van der Waals surface area contributed by atoms with Crippen molar-refractivity contribution in [1.29, 1.82) is 0 Å². The maximum absolute atomic E-state index is 12.1. The van der Waals surface area contributed by atoms with Gasteiger partial charge in [-0.3, -0.25) is 4.57 Å². The van der Waals surface area contributed by atoms with E-state index in [1.165, 1.54) is 0 Å². The van der Waals surface area contributed by atoms with Gasteiger partial charge in [0.1, 0.15) is 0 Å². The number of hydrogen-bond donors (Lipinski definition) is 1. The monoisotopic (exact) mass is 226 g/mol. The molecule has 1 unspecified atom stereocenters. The van der Waals surface area contributed by atoms with Gasteiger partial charge in [-0.05, 0) is 17.5 Å². The Bertz CT molecular complexity index is 357. The van der Waals surface area contributed by atoms with Gasteiger partial charge in [-0.1, -0.05) is 45.4 Å². The molecule has 0 aliphatic carbocycles. The summed E-state index contributed by atoms with van der Waals surface area (Å²) >= 11 is 0. The molecule has 0 amide bonds. The summed E-state index contributed by atoms with van der Waals surface area (Å²) in [5.41, 5.74) is -0.0832. The summed E-state index contributed by atoms with van der Waals surface area (Å²) in [5, 5.41) is 0.562. The van der Waals surface area contributed by atoms with Crippen LogP contribution in [-0.4, -0.2) is 11.1 Å². The summed E-state index contributed by atoms with van der Waals surface area (Å²) in [6.07, 6.45) is 1.25. The average Bonchev–Trinajstić information content (AvgIpc) is 2.18. The van der Waals surface area contributed by atoms with Crippen molar-refractivity contribution >= 4 is 12.7 Å². The molecule has 0 aliphatic rings. The van der Waals surface area contributed by atoms with Gasteiger partial charge in [0.15, 0.2) is 0 Å². The highest BCUT2D eigenvalue weighted by Gasteiger charge is 2.29. The van der Waals surface area contributed by atoms with Crippen LogP contribution >= 0.6 is 7.37 Å². The van der Waals surface area contributed by atoms with E-state index in [4.69, 9.17) is 0 Å². The predicted octanol–water partition coefficient (Wildman–Crippen LogP) is 3.02. The Labute approximate surface area is 91.8 Å². The third-order valence-corrected chi connectivity index (χ3v) is 5.15. The van der Waals surface area contributed by atoms with Gasteiger partial charge in [-0.25, -0.2) is 0 Å². The van der Waals surface area contributed by atoms with Crippen molar-refractivity contribution in [1.82, 2.24) is 0 Å². The standard InChI is InChI=1S/C12H19O2P/c1-4-12(2,3)10-15(13,14)11-8-6-5-7-9-11/h5-9H,4,10H2,1-3H3,(H,13,14). The van der Waals surface area contributed by atoms with Crippen molar-refractivity contribution in [3.8, 4) is 0 Å². The van der Waals surface area contributed by atoms with Crippen LogP contribution in [0.4, 0.5) is 0 Å². The van der Waals surface area contributed by atoms with Gasteiger partial charge in [-0.2, -0.15) is 0 Å². The average molecular weight is 226 g/mol.